The average Bonchev–Trinajstić information content (AvgIpc) is 3.37. The highest BCUT2D eigenvalue weighted by atomic mass is 32.9. The van der Waals surface area contributed by atoms with Crippen molar-refractivity contribution in [2.24, 2.45) is 56.7 Å². The van der Waals surface area contributed by atoms with Gasteiger partial charge in [0.1, 0.15) is 11.2 Å². The van der Waals surface area contributed by atoms with E-state index < -0.39 is 5.47 Å². The minimum Gasteiger partial charge on any atom is -0.497 e. The Bertz CT molecular complexity index is 1380. The lowest BCUT2D eigenvalue weighted by molar-refractivity contribution is -0.243. The standard InChI is InChI=1S/C37H55O3PS3/c1-23(2)26-15-20-37(32(38)42)22-21-35(6)27(31(26)37)13-14-29-34(5)18-17-30(33(3,4)28(34)16-19-36(29,35)7)40-41(43,44)25-11-9-24(39-8)10-12-25/h9-12,26-31H,1,13-22H2,2-8H3,(H,38,42)(H,43,44)/t26-,27+,28-,29+,30?,31+,34-,35+,36+,37-/m0/s1. The van der Waals surface area contributed by atoms with E-state index in [-0.39, 0.29) is 38.3 Å². The highest BCUT2D eigenvalue weighted by Crippen LogP contribution is 2.78. The molecule has 0 amide bonds. The molecule has 2 unspecified atom stereocenters. The van der Waals surface area contributed by atoms with Crippen LogP contribution in [-0.2, 0) is 21.1 Å². The molecule has 1 aromatic carbocycles. The van der Waals surface area contributed by atoms with Gasteiger partial charge in [-0.2, -0.15) is 0 Å². The lowest BCUT2D eigenvalue weighted by atomic mass is 9.32. The number of thiol groups is 2. The van der Waals surface area contributed by atoms with Gasteiger partial charge in [-0.15, -0.1) is 24.9 Å². The summed E-state index contributed by atoms with van der Waals surface area (Å²) >= 11 is 15.7. The fourth-order valence-electron chi connectivity index (χ4n) is 12.7. The summed E-state index contributed by atoms with van der Waals surface area (Å²) in [5.41, 5.74) is -0.729. The molecule has 5 fully saturated rings. The number of methoxy groups -OCH3 is 1. The normalized spacial score (nSPS) is 45.6. The summed E-state index contributed by atoms with van der Waals surface area (Å²) in [6.07, 6.45) is 11.5. The third-order valence-electron chi connectivity index (χ3n) is 15.1. The third-order valence-corrected chi connectivity index (χ3v) is 18.9. The minimum absolute atomic E-state index is 0.00199. The van der Waals surface area contributed by atoms with E-state index in [0.29, 0.717) is 29.6 Å². The Morgan fingerprint density at radius 3 is 2.20 bits per heavy atom. The van der Waals surface area contributed by atoms with E-state index in [4.69, 9.17) is 33.3 Å². The zero-order valence-corrected chi connectivity index (χ0v) is 31.5. The molecule has 44 heavy (non-hydrogen) atoms. The first kappa shape index (κ1) is 33.6. The monoisotopic (exact) mass is 674 g/mol. The fourth-order valence-corrected chi connectivity index (χ4v) is 15.8. The van der Waals surface area contributed by atoms with Crippen molar-refractivity contribution in [2.75, 3.05) is 7.11 Å². The first-order valence-electron chi connectivity index (χ1n) is 17.0. The second-order valence-electron chi connectivity index (χ2n) is 16.8. The van der Waals surface area contributed by atoms with Crippen LogP contribution in [0.1, 0.15) is 106 Å². The van der Waals surface area contributed by atoms with E-state index in [1.807, 2.05) is 24.3 Å². The molecule has 0 saturated heterocycles. The zero-order valence-electron chi connectivity index (χ0n) is 28.0. The molecule has 5 saturated carbocycles. The number of carbonyl (C=O) groups excluding carboxylic acids is 1. The van der Waals surface area contributed by atoms with Crippen molar-refractivity contribution in [3.8, 4) is 5.75 Å². The zero-order chi connectivity index (χ0) is 32.1. The van der Waals surface area contributed by atoms with Crippen molar-refractivity contribution in [3.63, 3.8) is 0 Å². The van der Waals surface area contributed by atoms with Crippen LogP contribution in [0.4, 0.5) is 0 Å². The number of carbonyl (C=O) groups is 1. The first-order chi connectivity index (χ1) is 20.5. The molecule has 244 valence electrons. The van der Waals surface area contributed by atoms with Crippen LogP contribution in [0.15, 0.2) is 36.4 Å². The molecule has 0 heterocycles. The third kappa shape index (κ3) is 4.67. The van der Waals surface area contributed by atoms with Crippen LogP contribution in [0.25, 0.3) is 0 Å². The summed E-state index contributed by atoms with van der Waals surface area (Å²) in [5, 5.41) is 1.15. The van der Waals surface area contributed by atoms with Crippen LogP contribution in [0.2, 0.25) is 0 Å². The van der Waals surface area contributed by atoms with Crippen LogP contribution in [0, 0.1) is 56.7 Å². The SMILES string of the molecule is C=C(C)[C@@H]1CC[C@]2(C(=O)S)CC[C@]3(C)[C@H](CC[C@@H]4[C@@]5(C)CCC(OP(=S)(S)c6ccc(OC)cc6)C(C)(C)[C@@H]5CC[C@]43C)[C@@H]12. The molecule has 0 radical (unpaired) electrons. The first-order valence-corrected chi connectivity index (χ1v) is 21.3. The van der Waals surface area contributed by atoms with Gasteiger partial charge in [0.15, 0.2) is 5.12 Å². The molecule has 0 N–H and O–H groups in total. The molecule has 0 aromatic heterocycles. The second kappa shape index (κ2) is 11.1. The second-order valence-corrected chi connectivity index (χ2v) is 23.0. The molecule has 0 bridgehead atoms. The van der Waals surface area contributed by atoms with Gasteiger partial charge in [-0.25, -0.2) is 0 Å². The predicted octanol–water partition coefficient (Wildman–Crippen LogP) is 10.1. The van der Waals surface area contributed by atoms with Crippen molar-refractivity contribution in [1.82, 2.24) is 0 Å². The summed E-state index contributed by atoms with van der Waals surface area (Å²) in [6.45, 7) is 19.5. The van der Waals surface area contributed by atoms with Crippen LogP contribution < -0.4 is 10.0 Å². The molecule has 7 heteroatoms. The van der Waals surface area contributed by atoms with E-state index in [0.717, 1.165) is 43.2 Å². The van der Waals surface area contributed by atoms with Gasteiger partial charge in [0.2, 0.25) is 0 Å². The van der Waals surface area contributed by atoms with Crippen LogP contribution in [0.5, 0.6) is 5.75 Å². The lowest BCUT2D eigenvalue weighted by Gasteiger charge is -2.73. The topological polar surface area (TPSA) is 35.5 Å². The Balaban J connectivity index is 1.29. The number of hydrogen-bond acceptors (Lipinski definition) is 4. The van der Waals surface area contributed by atoms with E-state index in [2.05, 4.69) is 60.8 Å². The van der Waals surface area contributed by atoms with Gasteiger partial charge in [0.05, 0.1) is 13.2 Å². The number of hydrogen-bond donors (Lipinski definition) is 2. The summed E-state index contributed by atoms with van der Waals surface area (Å²) < 4.78 is 12.3. The van der Waals surface area contributed by atoms with Crippen molar-refractivity contribution in [2.45, 2.75) is 112 Å². The fraction of sp³-hybridized carbons (Fsp3) is 0.757. The Morgan fingerprint density at radius 1 is 0.909 bits per heavy atom. The number of benzene rings is 1. The minimum atomic E-state index is -2.47. The molecule has 5 aliphatic rings. The largest absolute Gasteiger partial charge is 0.497 e. The molecule has 0 aliphatic heterocycles. The maximum atomic E-state index is 13.3. The Morgan fingerprint density at radius 2 is 1.59 bits per heavy atom. The number of ether oxygens (including phenoxy) is 1. The van der Waals surface area contributed by atoms with Crippen LogP contribution >= 0.6 is 30.3 Å². The van der Waals surface area contributed by atoms with E-state index >= 15 is 0 Å². The number of fused-ring (bicyclic) bond motifs is 7. The van der Waals surface area contributed by atoms with Crippen molar-refractivity contribution in [3.05, 3.63) is 36.4 Å². The van der Waals surface area contributed by atoms with E-state index in [1.54, 1.807) is 7.11 Å². The summed E-state index contributed by atoms with van der Waals surface area (Å²) in [5.74, 6) is 3.46. The molecule has 3 nitrogen and oxygen atoms in total. The molecule has 5 aliphatic carbocycles. The van der Waals surface area contributed by atoms with Crippen molar-refractivity contribution >= 4 is 52.6 Å². The lowest BCUT2D eigenvalue weighted by Crippen LogP contribution is -2.67. The molecular formula is C37H55O3PS3. The maximum Gasteiger partial charge on any atom is 0.192 e. The predicted molar refractivity (Wildman–Crippen MR) is 194 cm³/mol. The smallest absolute Gasteiger partial charge is 0.192 e. The molecule has 11 atom stereocenters. The van der Waals surface area contributed by atoms with Crippen LogP contribution in [0.3, 0.4) is 0 Å². The Hall–Kier alpha value is -0.260. The summed E-state index contributed by atoms with van der Waals surface area (Å²) in [7, 11) is 1.68. The van der Waals surface area contributed by atoms with E-state index in [9.17, 15) is 4.79 Å². The maximum absolute atomic E-state index is 13.3. The van der Waals surface area contributed by atoms with E-state index in [1.165, 1.54) is 37.7 Å². The van der Waals surface area contributed by atoms with Gasteiger partial charge < -0.3 is 9.26 Å². The van der Waals surface area contributed by atoms with Gasteiger partial charge >= 0.3 is 0 Å². The molecule has 0 spiro atoms. The number of allylic oxidation sites excluding steroid dienone is 1. The van der Waals surface area contributed by atoms with Crippen molar-refractivity contribution in [1.29, 1.82) is 0 Å². The molecule has 6 rings (SSSR count). The van der Waals surface area contributed by atoms with Gasteiger partial charge in [-0.05, 0) is 147 Å². The van der Waals surface area contributed by atoms with Crippen LogP contribution in [-0.4, -0.2) is 18.3 Å². The highest BCUT2D eigenvalue weighted by Gasteiger charge is 2.71. The average molecular weight is 675 g/mol. The van der Waals surface area contributed by atoms with Crippen molar-refractivity contribution < 1.29 is 14.1 Å². The van der Waals surface area contributed by atoms with Gasteiger partial charge in [-0.1, -0.05) is 58.6 Å². The van der Waals surface area contributed by atoms with Gasteiger partial charge in [0.25, 0.3) is 0 Å². The molecule has 1 aromatic rings. The number of rotatable bonds is 6. The highest BCUT2D eigenvalue weighted by molar-refractivity contribution is 8.64. The Labute approximate surface area is 283 Å². The quantitative estimate of drug-likeness (QED) is 0.179. The molecular weight excluding hydrogens is 620 g/mol. The summed E-state index contributed by atoms with van der Waals surface area (Å²) in [4.78, 5) is 13.3. The van der Waals surface area contributed by atoms with Gasteiger partial charge in [0, 0.05) is 10.7 Å². The summed E-state index contributed by atoms with van der Waals surface area (Å²) in [6, 6.07) is 7.98. The Kier molecular flexibility index (Phi) is 8.52. The van der Waals surface area contributed by atoms with Gasteiger partial charge in [-0.3, -0.25) is 4.79 Å².